The van der Waals surface area contributed by atoms with Crippen LogP contribution in [0.15, 0.2) is 18.3 Å². The summed E-state index contributed by atoms with van der Waals surface area (Å²) in [7, 11) is -3.36. The molecule has 16 heavy (non-hydrogen) atoms. The number of ether oxygens (including phenoxy) is 1. The molecule has 0 saturated carbocycles. The fourth-order valence-corrected chi connectivity index (χ4v) is 1.69. The van der Waals surface area contributed by atoms with Crippen LogP contribution in [0.2, 0.25) is 0 Å². The minimum Gasteiger partial charge on any atom is -0.476 e. The Labute approximate surface area is 95.9 Å². The normalized spacial score (nSPS) is 11.5. The van der Waals surface area contributed by atoms with E-state index in [1.54, 1.807) is 32.2 Å². The van der Waals surface area contributed by atoms with Crippen LogP contribution in [-0.4, -0.2) is 25.3 Å². The van der Waals surface area contributed by atoms with Gasteiger partial charge in [0.1, 0.15) is 5.69 Å². The number of anilines is 1. The van der Waals surface area contributed by atoms with E-state index < -0.39 is 15.3 Å². The average molecular weight is 244 g/mol. The van der Waals surface area contributed by atoms with Gasteiger partial charge in [-0.05, 0) is 32.9 Å². The summed E-state index contributed by atoms with van der Waals surface area (Å²) in [5, 5.41) is -0.498. The monoisotopic (exact) mass is 244 g/mol. The fourth-order valence-electron chi connectivity index (χ4n) is 0.991. The smallest absolute Gasteiger partial charge is 0.238 e. The minimum atomic E-state index is -3.36. The third-order valence-corrected chi connectivity index (χ3v) is 3.67. The quantitative estimate of drug-likeness (QED) is 0.854. The van der Waals surface area contributed by atoms with Gasteiger partial charge in [-0.1, -0.05) is 0 Å². The summed E-state index contributed by atoms with van der Waals surface area (Å²) in [4.78, 5) is 3.96. The molecule has 0 aliphatic carbocycles. The molecule has 0 aromatic carbocycles. The van der Waals surface area contributed by atoms with Crippen LogP contribution in [0.5, 0.6) is 5.88 Å². The summed E-state index contributed by atoms with van der Waals surface area (Å²) in [6.45, 7) is 5.47. The predicted molar refractivity (Wildman–Crippen MR) is 63.1 cm³/mol. The molecule has 1 aromatic rings. The highest BCUT2D eigenvalue weighted by Gasteiger charge is 2.17. The zero-order valence-corrected chi connectivity index (χ0v) is 10.4. The van der Waals surface area contributed by atoms with Crippen molar-refractivity contribution in [1.82, 2.24) is 4.98 Å². The van der Waals surface area contributed by atoms with Gasteiger partial charge in [0.15, 0.2) is 0 Å². The van der Waals surface area contributed by atoms with Gasteiger partial charge in [0, 0.05) is 6.20 Å². The SMILES string of the molecule is CCOc1ncccc1NS(=O)(=O)C(C)C. The zero-order valence-electron chi connectivity index (χ0n) is 9.60. The number of nitrogens with one attached hydrogen (secondary N) is 1. The number of hydrogen-bond donors (Lipinski definition) is 1. The molecule has 0 aliphatic rings. The predicted octanol–water partition coefficient (Wildman–Crippen LogP) is 1.63. The van der Waals surface area contributed by atoms with Crippen molar-refractivity contribution in [1.29, 1.82) is 0 Å². The molecule has 1 heterocycles. The van der Waals surface area contributed by atoms with Gasteiger partial charge in [0.2, 0.25) is 15.9 Å². The van der Waals surface area contributed by atoms with Crippen LogP contribution in [0, 0.1) is 0 Å². The maximum atomic E-state index is 11.7. The molecule has 0 atom stereocenters. The highest BCUT2D eigenvalue weighted by molar-refractivity contribution is 7.93. The Morgan fingerprint density at radius 1 is 1.50 bits per heavy atom. The largest absolute Gasteiger partial charge is 0.476 e. The van der Waals surface area contributed by atoms with E-state index in [-0.39, 0.29) is 0 Å². The second kappa shape index (κ2) is 5.16. The third-order valence-electron chi connectivity index (χ3n) is 1.93. The molecule has 90 valence electrons. The van der Waals surface area contributed by atoms with Crippen LogP contribution in [0.4, 0.5) is 5.69 Å². The molecule has 0 bridgehead atoms. The molecule has 0 unspecified atom stereocenters. The van der Waals surface area contributed by atoms with Gasteiger partial charge in [-0.2, -0.15) is 0 Å². The Balaban J connectivity index is 2.97. The van der Waals surface area contributed by atoms with Crippen LogP contribution < -0.4 is 9.46 Å². The topological polar surface area (TPSA) is 68.3 Å². The van der Waals surface area contributed by atoms with Crippen LogP contribution in [-0.2, 0) is 10.0 Å². The van der Waals surface area contributed by atoms with E-state index in [0.717, 1.165) is 0 Å². The van der Waals surface area contributed by atoms with E-state index in [1.807, 2.05) is 6.92 Å². The van der Waals surface area contributed by atoms with Gasteiger partial charge in [-0.3, -0.25) is 4.72 Å². The minimum absolute atomic E-state index is 0.300. The second-order valence-electron chi connectivity index (χ2n) is 3.48. The lowest BCUT2D eigenvalue weighted by atomic mass is 10.4. The molecule has 0 radical (unpaired) electrons. The maximum absolute atomic E-state index is 11.7. The van der Waals surface area contributed by atoms with Crippen LogP contribution in [0.3, 0.4) is 0 Å². The van der Waals surface area contributed by atoms with Gasteiger partial charge in [-0.15, -0.1) is 0 Å². The van der Waals surface area contributed by atoms with E-state index in [1.165, 1.54) is 0 Å². The van der Waals surface area contributed by atoms with Crippen molar-refractivity contribution >= 4 is 15.7 Å². The van der Waals surface area contributed by atoms with Gasteiger partial charge in [0.05, 0.1) is 11.9 Å². The molecular weight excluding hydrogens is 228 g/mol. The van der Waals surface area contributed by atoms with Crippen molar-refractivity contribution in [2.45, 2.75) is 26.0 Å². The first-order chi connectivity index (χ1) is 7.47. The van der Waals surface area contributed by atoms with Crippen molar-refractivity contribution in [3.63, 3.8) is 0 Å². The van der Waals surface area contributed by atoms with Crippen LogP contribution >= 0.6 is 0 Å². The summed E-state index contributed by atoms with van der Waals surface area (Å²) >= 11 is 0. The van der Waals surface area contributed by atoms with Crippen LogP contribution in [0.1, 0.15) is 20.8 Å². The van der Waals surface area contributed by atoms with Crippen molar-refractivity contribution in [2.75, 3.05) is 11.3 Å². The molecule has 5 nitrogen and oxygen atoms in total. The molecule has 1 N–H and O–H groups in total. The van der Waals surface area contributed by atoms with E-state index in [4.69, 9.17) is 4.74 Å². The molecule has 1 rings (SSSR count). The summed E-state index contributed by atoms with van der Waals surface area (Å²) in [6, 6.07) is 3.28. The molecule has 0 amide bonds. The summed E-state index contributed by atoms with van der Waals surface area (Å²) in [5.74, 6) is 0.300. The molecule has 0 fully saturated rings. The lowest BCUT2D eigenvalue weighted by Gasteiger charge is -2.13. The Hall–Kier alpha value is -1.30. The number of rotatable bonds is 5. The fraction of sp³-hybridized carbons (Fsp3) is 0.500. The lowest BCUT2D eigenvalue weighted by Crippen LogP contribution is -2.23. The van der Waals surface area contributed by atoms with E-state index in [2.05, 4.69) is 9.71 Å². The lowest BCUT2D eigenvalue weighted by molar-refractivity contribution is 0.329. The van der Waals surface area contributed by atoms with Crippen molar-refractivity contribution in [3.05, 3.63) is 18.3 Å². The average Bonchev–Trinajstić information content (AvgIpc) is 2.20. The first kappa shape index (κ1) is 12.8. The molecule has 0 saturated heterocycles. The second-order valence-corrected chi connectivity index (χ2v) is 5.72. The van der Waals surface area contributed by atoms with Gasteiger partial charge in [-0.25, -0.2) is 13.4 Å². The Morgan fingerprint density at radius 3 is 2.75 bits per heavy atom. The van der Waals surface area contributed by atoms with Gasteiger partial charge in [0.25, 0.3) is 0 Å². The molecule has 1 aromatic heterocycles. The molecular formula is C10H16N2O3S. The highest BCUT2D eigenvalue weighted by atomic mass is 32.2. The van der Waals surface area contributed by atoms with Crippen molar-refractivity contribution < 1.29 is 13.2 Å². The van der Waals surface area contributed by atoms with E-state index in [9.17, 15) is 8.42 Å². The van der Waals surface area contributed by atoms with E-state index in [0.29, 0.717) is 18.2 Å². The Kier molecular flexibility index (Phi) is 4.12. The van der Waals surface area contributed by atoms with Gasteiger partial charge < -0.3 is 4.74 Å². The maximum Gasteiger partial charge on any atom is 0.238 e. The summed E-state index contributed by atoms with van der Waals surface area (Å²) in [5.41, 5.74) is 0.373. The number of pyridine rings is 1. The first-order valence-electron chi connectivity index (χ1n) is 5.06. The van der Waals surface area contributed by atoms with Crippen LogP contribution in [0.25, 0.3) is 0 Å². The number of nitrogens with zero attached hydrogens (tertiary/aromatic N) is 1. The summed E-state index contributed by atoms with van der Waals surface area (Å²) in [6.07, 6.45) is 1.55. The highest BCUT2D eigenvalue weighted by Crippen LogP contribution is 2.22. The Morgan fingerprint density at radius 2 is 2.19 bits per heavy atom. The number of sulfonamides is 1. The Bertz CT molecular complexity index is 443. The van der Waals surface area contributed by atoms with Crippen molar-refractivity contribution in [3.8, 4) is 5.88 Å². The standard InChI is InChI=1S/C10H16N2O3S/c1-4-15-10-9(6-5-7-11-10)12-16(13,14)8(2)3/h5-8,12H,4H2,1-3H3. The third kappa shape index (κ3) is 3.10. The molecule has 6 heteroatoms. The summed E-state index contributed by atoms with van der Waals surface area (Å²) < 4.78 is 31.0. The van der Waals surface area contributed by atoms with Crippen molar-refractivity contribution in [2.24, 2.45) is 0 Å². The van der Waals surface area contributed by atoms with Gasteiger partial charge >= 0.3 is 0 Å². The molecule has 0 spiro atoms. The molecule has 0 aliphatic heterocycles. The zero-order chi connectivity index (χ0) is 12.2. The number of aromatic nitrogens is 1. The first-order valence-corrected chi connectivity index (χ1v) is 6.61. The number of hydrogen-bond acceptors (Lipinski definition) is 4. The van der Waals surface area contributed by atoms with E-state index >= 15 is 0 Å².